The molecule has 0 aliphatic heterocycles. The SMILES string of the molecule is Cc1cccc2sc(N(CCC[NH+](C)C)C(=O)c3cc4ccccc4o3)nc12. The third kappa shape index (κ3) is 3.66. The number of benzene rings is 2. The summed E-state index contributed by atoms with van der Waals surface area (Å²) in [5, 5.41) is 1.66. The van der Waals surface area contributed by atoms with Crippen molar-refractivity contribution in [3.63, 3.8) is 0 Å². The molecular formula is C22H24N3O2S+. The number of para-hydroxylation sites is 2. The molecule has 144 valence electrons. The Morgan fingerprint density at radius 1 is 1.18 bits per heavy atom. The number of nitrogens with one attached hydrogen (secondary N) is 1. The average molecular weight is 395 g/mol. The molecule has 0 aliphatic carbocycles. The Kier molecular flexibility index (Phi) is 5.15. The maximum absolute atomic E-state index is 13.3. The molecule has 4 rings (SSSR count). The Bertz CT molecular complexity index is 1100. The Morgan fingerprint density at radius 3 is 2.75 bits per heavy atom. The number of carbonyl (C=O) groups is 1. The Labute approximate surface area is 168 Å². The summed E-state index contributed by atoms with van der Waals surface area (Å²) in [6.07, 6.45) is 0.892. The summed E-state index contributed by atoms with van der Waals surface area (Å²) in [7, 11) is 4.24. The predicted molar refractivity (Wildman–Crippen MR) is 115 cm³/mol. The van der Waals surface area contributed by atoms with Crippen LogP contribution in [-0.4, -0.2) is 38.1 Å². The van der Waals surface area contributed by atoms with Crippen molar-refractivity contribution in [1.82, 2.24) is 4.98 Å². The Hall–Kier alpha value is -2.70. The predicted octanol–water partition coefficient (Wildman–Crippen LogP) is 3.53. The van der Waals surface area contributed by atoms with Crippen LogP contribution >= 0.6 is 11.3 Å². The van der Waals surface area contributed by atoms with Crippen LogP contribution in [0.15, 0.2) is 52.9 Å². The van der Waals surface area contributed by atoms with Gasteiger partial charge in [-0.25, -0.2) is 4.98 Å². The second-order valence-electron chi connectivity index (χ2n) is 7.33. The van der Waals surface area contributed by atoms with E-state index in [1.54, 1.807) is 16.2 Å². The molecule has 28 heavy (non-hydrogen) atoms. The van der Waals surface area contributed by atoms with Crippen LogP contribution in [0.4, 0.5) is 5.13 Å². The highest BCUT2D eigenvalue weighted by molar-refractivity contribution is 7.22. The van der Waals surface area contributed by atoms with Crippen molar-refractivity contribution >= 4 is 43.6 Å². The summed E-state index contributed by atoms with van der Waals surface area (Å²) in [6.45, 7) is 3.64. The molecule has 6 heteroatoms. The van der Waals surface area contributed by atoms with Gasteiger partial charge in [0.05, 0.1) is 30.9 Å². The zero-order chi connectivity index (χ0) is 19.7. The van der Waals surface area contributed by atoms with Gasteiger partial charge >= 0.3 is 0 Å². The largest absolute Gasteiger partial charge is 0.451 e. The highest BCUT2D eigenvalue weighted by Gasteiger charge is 2.24. The fourth-order valence-electron chi connectivity index (χ4n) is 3.29. The maximum Gasteiger partial charge on any atom is 0.295 e. The number of nitrogens with zero attached hydrogens (tertiary/aromatic N) is 2. The van der Waals surface area contributed by atoms with Crippen LogP contribution in [0.25, 0.3) is 21.2 Å². The number of thiazole rings is 1. The topological polar surface area (TPSA) is 50.8 Å². The van der Waals surface area contributed by atoms with E-state index in [4.69, 9.17) is 9.40 Å². The molecule has 0 atom stereocenters. The van der Waals surface area contributed by atoms with E-state index in [0.29, 0.717) is 12.3 Å². The van der Waals surface area contributed by atoms with Gasteiger partial charge in [0.1, 0.15) is 5.58 Å². The lowest BCUT2D eigenvalue weighted by Gasteiger charge is -2.19. The molecule has 5 nitrogen and oxygen atoms in total. The molecule has 2 heterocycles. The van der Waals surface area contributed by atoms with Gasteiger partial charge in [-0.15, -0.1) is 0 Å². The molecule has 0 saturated carbocycles. The fourth-order valence-corrected chi connectivity index (χ4v) is 4.35. The molecule has 0 aliphatic rings. The second-order valence-corrected chi connectivity index (χ2v) is 8.34. The molecule has 0 bridgehead atoms. The first-order chi connectivity index (χ1) is 13.5. The second kappa shape index (κ2) is 7.73. The quantitative estimate of drug-likeness (QED) is 0.544. The van der Waals surface area contributed by atoms with Crippen molar-refractivity contribution in [3.8, 4) is 0 Å². The van der Waals surface area contributed by atoms with Crippen LogP contribution in [0.2, 0.25) is 0 Å². The number of anilines is 1. The number of furan rings is 1. The summed E-state index contributed by atoms with van der Waals surface area (Å²) in [4.78, 5) is 21.3. The first-order valence-electron chi connectivity index (χ1n) is 9.48. The van der Waals surface area contributed by atoms with E-state index >= 15 is 0 Å². The molecule has 1 amide bonds. The van der Waals surface area contributed by atoms with E-state index in [2.05, 4.69) is 20.2 Å². The number of fused-ring (bicyclic) bond motifs is 2. The number of hydrogen-bond donors (Lipinski definition) is 1. The number of quaternary nitrogens is 1. The van der Waals surface area contributed by atoms with Crippen molar-refractivity contribution in [2.75, 3.05) is 32.1 Å². The van der Waals surface area contributed by atoms with Gasteiger partial charge in [0, 0.05) is 18.4 Å². The van der Waals surface area contributed by atoms with E-state index < -0.39 is 0 Å². The number of aromatic nitrogens is 1. The highest BCUT2D eigenvalue weighted by atomic mass is 32.1. The van der Waals surface area contributed by atoms with Crippen LogP contribution in [0.3, 0.4) is 0 Å². The van der Waals surface area contributed by atoms with Gasteiger partial charge in [0.2, 0.25) is 0 Å². The minimum Gasteiger partial charge on any atom is -0.451 e. The van der Waals surface area contributed by atoms with Crippen LogP contribution in [0, 0.1) is 6.92 Å². The minimum atomic E-state index is -0.137. The van der Waals surface area contributed by atoms with E-state index in [9.17, 15) is 4.79 Å². The molecule has 0 radical (unpaired) electrons. The molecule has 0 unspecified atom stereocenters. The molecule has 0 spiro atoms. The maximum atomic E-state index is 13.3. The summed E-state index contributed by atoms with van der Waals surface area (Å²) < 4.78 is 6.93. The lowest BCUT2D eigenvalue weighted by atomic mass is 10.2. The summed E-state index contributed by atoms with van der Waals surface area (Å²) >= 11 is 1.55. The monoisotopic (exact) mass is 394 g/mol. The van der Waals surface area contributed by atoms with Crippen molar-refractivity contribution in [3.05, 3.63) is 59.9 Å². The smallest absolute Gasteiger partial charge is 0.295 e. The van der Waals surface area contributed by atoms with Crippen molar-refractivity contribution in [1.29, 1.82) is 0 Å². The number of hydrogen-bond acceptors (Lipinski definition) is 4. The highest BCUT2D eigenvalue weighted by Crippen LogP contribution is 2.32. The van der Waals surface area contributed by atoms with Gasteiger partial charge in [-0.3, -0.25) is 9.69 Å². The zero-order valence-corrected chi connectivity index (χ0v) is 17.2. The van der Waals surface area contributed by atoms with Crippen LogP contribution in [0.1, 0.15) is 22.5 Å². The van der Waals surface area contributed by atoms with Gasteiger partial charge < -0.3 is 9.32 Å². The molecule has 1 N–H and O–H groups in total. The van der Waals surface area contributed by atoms with Gasteiger partial charge in [-0.05, 0) is 30.7 Å². The van der Waals surface area contributed by atoms with E-state index in [1.165, 1.54) is 4.90 Å². The third-order valence-corrected chi connectivity index (χ3v) is 5.82. The summed E-state index contributed by atoms with van der Waals surface area (Å²) in [5.41, 5.74) is 2.81. The number of aryl methyl sites for hydroxylation is 1. The van der Waals surface area contributed by atoms with Gasteiger partial charge in [-0.2, -0.15) is 0 Å². The van der Waals surface area contributed by atoms with E-state index in [-0.39, 0.29) is 5.91 Å². The lowest BCUT2D eigenvalue weighted by molar-refractivity contribution is -0.858. The Morgan fingerprint density at radius 2 is 2.00 bits per heavy atom. The number of rotatable bonds is 6. The molecule has 2 aromatic heterocycles. The molecule has 0 saturated heterocycles. The van der Waals surface area contributed by atoms with Crippen LogP contribution < -0.4 is 9.80 Å². The molecular weight excluding hydrogens is 370 g/mol. The van der Waals surface area contributed by atoms with Crippen LogP contribution in [-0.2, 0) is 0 Å². The Balaban J connectivity index is 1.71. The third-order valence-electron chi connectivity index (χ3n) is 4.78. The molecule has 2 aromatic carbocycles. The summed E-state index contributed by atoms with van der Waals surface area (Å²) in [5.74, 6) is 0.219. The van der Waals surface area contributed by atoms with Crippen molar-refractivity contribution in [2.45, 2.75) is 13.3 Å². The number of amides is 1. The van der Waals surface area contributed by atoms with Crippen molar-refractivity contribution < 1.29 is 14.1 Å². The van der Waals surface area contributed by atoms with Gasteiger partial charge in [0.15, 0.2) is 10.9 Å². The fraction of sp³-hybridized carbons (Fsp3) is 0.273. The summed E-state index contributed by atoms with van der Waals surface area (Å²) in [6, 6.07) is 15.6. The first kappa shape index (κ1) is 18.7. The van der Waals surface area contributed by atoms with Gasteiger partial charge in [0.25, 0.3) is 5.91 Å². The first-order valence-corrected chi connectivity index (χ1v) is 10.3. The number of carbonyl (C=O) groups excluding carboxylic acids is 1. The molecule has 4 aromatic rings. The standard InChI is InChI=1S/C22H23N3O2S/c1-15-8-6-11-19-20(15)23-22(28-19)25(13-7-12-24(2)3)21(26)18-14-16-9-4-5-10-17(16)27-18/h4-6,8-11,14H,7,12-13H2,1-3H3/p+1. The van der Waals surface area contributed by atoms with E-state index in [0.717, 1.165) is 44.8 Å². The normalized spacial score (nSPS) is 11.6. The van der Waals surface area contributed by atoms with Crippen LogP contribution in [0.5, 0.6) is 0 Å². The van der Waals surface area contributed by atoms with Gasteiger partial charge in [-0.1, -0.05) is 41.7 Å². The molecule has 0 fully saturated rings. The van der Waals surface area contributed by atoms with Crippen molar-refractivity contribution in [2.24, 2.45) is 0 Å². The zero-order valence-electron chi connectivity index (χ0n) is 16.4. The van der Waals surface area contributed by atoms with E-state index in [1.807, 2.05) is 49.4 Å². The minimum absolute atomic E-state index is 0.137. The average Bonchev–Trinajstić information content (AvgIpc) is 3.29. The lowest BCUT2D eigenvalue weighted by Crippen LogP contribution is -3.05.